The van der Waals surface area contributed by atoms with E-state index < -0.39 is 0 Å². The summed E-state index contributed by atoms with van der Waals surface area (Å²) in [5, 5.41) is 10.0. The second-order valence-electron chi connectivity index (χ2n) is 7.54. The number of piperidine rings is 1. The SMILES string of the molecule is COc1cccc(CNC(=O)[C@@H]2CCCN(C(=O)c3cc(-c4ccccn4)n[nH]3)C2)c1. The van der Waals surface area contributed by atoms with E-state index >= 15 is 0 Å². The molecule has 1 aliphatic heterocycles. The van der Waals surface area contributed by atoms with Crippen LogP contribution in [0.2, 0.25) is 0 Å². The maximum atomic E-state index is 13.0. The molecule has 31 heavy (non-hydrogen) atoms. The number of H-pyrrole nitrogens is 1. The summed E-state index contributed by atoms with van der Waals surface area (Å²) in [4.78, 5) is 31.6. The van der Waals surface area contributed by atoms with Crippen molar-refractivity contribution in [2.24, 2.45) is 5.92 Å². The summed E-state index contributed by atoms with van der Waals surface area (Å²) in [7, 11) is 1.62. The summed E-state index contributed by atoms with van der Waals surface area (Å²) in [6, 6.07) is 14.8. The Kier molecular flexibility index (Phi) is 6.26. The molecular weight excluding hydrogens is 394 g/mol. The fourth-order valence-corrected chi connectivity index (χ4v) is 3.74. The second kappa shape index (κ2) is 9.42. The summed E-state index contributed by atoms with van der Waals surface area (Å²) in [6.07, 6.45) is 3.23. The van der Waals surface area contributed by atoms with Gasteiger partial charge in [0.2, 0.25) is 5.91 Å². The van der Waals surface area contributed by atoms with Crippen molar-refractivity contribution in [1.29, 1.82) is 0 Å². The molecule has 3 heterocycles. The molecule has 1 aliphatic rings. The molecule has 1 fully saturated rings. The molecule has 2 amide bonds. The van der Waals surface area contributed by atoms with Crippen LogP contribution in [0.5, 0.6) is 5.75 Å². The van der Waals surface area contributed by atoms with Crippen LogP contribution in [0.15, 0.2) is 54.7 Å². The van der Waals surface area contributed by atoms with E-state index in [1.807, 2.05) is 42.5 Å². The average molecular weight is 419 g/mol. The number of hydrogen-bond acceptors (Lipinski definition) is 5. The first-order chi connectivity index (χ1) is 15.1. The Labute approximate surface area is 180 Å². The van der Waals surface area contributed by atoms with Crippen molar-refractivity contribution >= 4 is 11.8 Å². The lowest BCUT2D eigenvalue weighted by Crippen LogP contribution is -2.45. The van der Waals surface area contributed by atoms with Gasteiger partial charge in [0.15, 0.2) is 0 Å². The predicted octanol–water partition coefficient (Wildman–Crippen LogP) is 2.65. The summed E-state index contributed by atoms with van der Waals surface area (Å²) in [5.74, 6) is 0.325. The van der Waals surface area contributed by atoms with Crippen molar-refractivity contribution in [3.63, 3.8) is 0 Å². The van der Waals surface area contributed by atoms with Gasteiger partial charge in [-0.3, -0.25) is 19.7 Å². The second-order valence-corrected chi connectivity index (χ2v) is 7.54. The van der Waals surface area contributed by atoms with Gasteiger partial charge in [-0.1, -0.05) is 18.2 Å². The molecule has 0 aliphatic carbocycles. The summed E-state index contributed by atoms with van der Waals surface area (Å²) in [6.45, 7) is 1.44. The van der Waals surface area contributed by atoms with E-state index in [2.05, 4.69) is 20.5 Å². The van der Waals surface area contributed by atoms with Gasteiger partial charge in [-0.2, -0.15) is 5.10 Å². The number of hydrogen-bond donors (Lipinski definition) is 2. The number of rotatable bonds is 6. The van der Waals surface area contributed by atoms with Crippen LogP contribution in [-0.2, 0) is 11.3 Å². The average Bonchev–Trinajstić information content (AvgIpc) is 3.33. The lowest BCUT2D eigenvalue weighted by molar-refractivity contribution is -0.126. The van der Waals surface area contributed by atoms with Crippen LogP contribution in [-0.4, -0.2) is 52.1 Å². The minimum absolute atomic E-state index is 0.0425. The molecule has 0 saturated carbocycles. The van der Waals surface area contributed by atoms with E-state index in [-0.39, 0.29) is 17.7 Å². The number of methoxy groups -OCH3 is 1. The highest BCUT2D eigenvalue weighted by Gasteiger charge is 2.29. The Morgan fingerprint density at radius 2 is 2.10 bits per heavy atom. The molecule has 0 radical (unpaired) electrons. The van der Waals surface area contributed by atoms with Gasteiger partial charge in [0.05, 0.1) is 18.7 Å². The number of carbonyl (C=O) groups excluding carboxylic acids is 2. The van der Waals surface area contributed by atoms with Crippen molar-refractivity contribution in [2.75, 3.05) is 20.2 Å². The molecule has 3 aromatic rings. The highest BCUT2D eigenvalue weighted by Crippen LogP contribution is 2.21. The molecule has 0 bridgehead atoms. The molecule has 160 valence electrons. The number of nitrogens with one attached hydrogen (secondary N) is 2. The monoisotopic (exact) mass is 419 g/mol. The number of carbonyl (C=O) groups is 2. The van der Waals surface area contributed by atoms with Crippen molar-refractivity contribution < 1.29 is 14.3 Å². The number of nitrogens with zero attached hydrogens (tertiary/aromatic N) is 3. The molecule has 8 nitrogen and oxygen atoms in total. The molecule has 1 saturated heterocycles. The van der Waals surface area contributed by atoms with Crippen LogP contribution < -0.4 is 10.1 Å². The molecular formula is C23H25N5O3. The van der Waals surface area contributed by atoms with Crippen LogP contribution in [0.25, 0.3) is 11.4 Å². The normalized spacial score (nSPS) is 16.0. The van der Waals surface area contributed by atoms with Crippen LogP contribution >= 0.6 is 0 Å². The Morgan fingerprint density at radius 3 is 2.90 bits per heavy atom. The number of pyridine rings is 1. The van der Waals surface area contributed by atoms with Crippen molar-refractivity contribution in [3.05, 3.63) is 66.0 Å². The van der Waals surface area contributed by atoms with Gasteiger partial charge in [-0.15, -0.1) is 0 Å². The first-order valence-corrected chi connectivity index (χ1v) is 10.3. The highest BCUT2D eigenvalue weighted by molar-refractivity contribution is 5.93. The zero-order chi connectivity index (χ0) is 21.6. The van der Waals surface area contributed by atoms with Crippen molar-refractivity contribution in [2.45, 2.75) is 19.4 Å². The van der Waals surface area contributed by atoms with E-state index in [0.29, 0.717) is 36.7 Å². The van der Waals surface area contributed by atoms with E-state index in [4.69, 9.17) is 4.74 Å². The predicted molar refractivity (Wildman–Crippen MR) is 115 cm³/mol. The standard InChI is InChI=1S/C23H25N5O3/c1-31-18-8-4-6-16(12-18)14-25-22(29)17-7-5-11-28(15-17)23(30)21-13-20(26-27-21)19-9-2-3-10-24-19/h2-4,6,8-10,12-13,17H,5,7,11,14-15H2,1H3,(H,25,29)(H,26,27)/t17-/m1/s1. The maximum absolute atomic E-state index is 13.0. The lowest BCUT2D eigenvalue weighted by Gasteiger charge is -2.31. The largest absolute Gasteiger partial charge is 0.497 e. The summed E-state index contributed by atoms with van der Waals surface area (Å²) in [5.41, 5.74) is 2.69. The molecule has 4 rings (SSSR count). The Hall–Kier alpha value is -3.68. The van der Waals surface area contributed by atoms with Gasteiger partial charge < -0.3 is 15.0 Å². The zero-order valence-corrected chi connectivity index (χ0v) is 17.4. The number of amides is 2. The van der Waals surface area contributed by atoms with Crippen molar-refractivity contribution in [1.82, 2.24) is 25.4 Å². The number of aromatic nitrogens is 3. The highest BCUT2D eigenvalue weighted by atomic mass is 16.5. The number of likely N-dealkylation sites (tertiary alicyclic amines) is 1. The van der Waals surface area contributed by atoms with Gasteiger partial charge in [0, 0.05) is 25.8 Å². The van der Waals surface area contributed by atoms with Gasteiger partial charge in [0.1, 0.15) is 17.1 Å². The van der Waals surface area contributed by atoms with Crippen LogP contribution in [0.3, 0.4) is 0 Å². The van der Waals surface area contributed by atoms with Crippen LogP contribution in [0.1, 0.15) is 28.9 Å². The molecule has 0 unspecified atom stereocenters. The maximum Gasteiger partial charge on any atom is 0.271 e. The molecule has 1 atom stereocenters. The minimum Gasteiger partial charge on any atom is -0.497 e. The van der Waals surface area contributed by atoms with Gasteiger partial charge in [0.25, 0.3) is 5.91 Å². The van der Waals surface area contributed by atoms with Gasteiger partial charge in [-0.05, 0) is 48.7 Å². The first kappa shape index (κ1) is 20.6. The smallest absolute Gasteiger partial charge is 0.271 e. The zero-order valence-electron chi connectivity index (χ0n) is 17.4. The van der Waals surface area contributed by atoms with Crippen molar-refractivity contribution in [3.8, 4) is 17.1 Å². The van der Waals surface area contributed by atoms with Crippen LogP contribution in [0.4, 0.5) is 0 Å². The third-order valence-corrected chi connectivity index (χ3v) is 5.42. The third kappa shape index (κ3) is 4.91. The molecule has 0 spiro atoms. The molecule has 2 N–H and O–H groups in total. The van der Waals surface area contributed by atoms with Crippen LogP contribution in [0, 0.1) is 5.92 Å². The molecule has 8 heteroatoms. The van der Waals surface area contributed by atoms with E-state index in [1.54, 1.807) is 24.3 Å². The van der Waals surface area contributed by atoms with Gasteiger partial charge in [-0.25, -0.2) is 0 Å². The number of aromatic amines is 1. The molecule has 1 aromatic carbocycles. The summed E-state index contributed by atoms with van der Waals surface area (Å²) >= 11 is 0. The van der Waals surface area contributed by atoms with Gasteiger partial charge >= 0.3 is 0 Å². The van der Waals surface area contributed by atoms with E-state index in [0.717, 1.165) is 24.2 Å². The number of ether oxygens (including phenoxy) is 1. The lowest BCUT2D eigenvalue weighted by atomic mass is 9.96. The number of benzene rings is 1. The Balaban J connectivity index is 1.36. The fourth-order valence-electron chi connectivity index (χ4n) is 3.74. The fraction of sp³-hybridized carbons (Fsp3) is 0.304. The van der Waals surface area contributed by atoms with E-state index in [9.17, 15) is 9.59 Å². The first-order valence-electron chi connectivity index (χ1n) is 10.3. The Morgan fingerprint density at radius 1 is 1.19 bits per heavy atom. The molecule has 2 aromatic heterocycles. The topological polar surface area (TPSA) is 100 Å². The van der Waals surface area contributed by atoms with E-state index in [1.165, 1.54) is 0 Å². The Bertz CT molecular complexity index is 1050. The minimum atomic E-state index is -0.235. The third-order valence-electron chi connectivity index (χ3n) is 5.42. The quantitative estimate of drug-likeness (QED) is 0.640. The summed E-state index contributed by atoms with van der Waals surface area (Å²) < 4.78 is 5.22.